The van der Waals surface area contributed by atoms with E-state index in [9.17, 15) is 0 Å². The lowest BCUT2D eigenvalue weighted by Crippen LogP contribution is -2.62. The molecule has 0 saturated heterocycles. The van der Waals surface area contributed by atoms with Crippen molar-refractivity contribution in [2.24, 2.45) is 0 Å². The van der Waals surface area contributed by atoms with Crippen LogP contribution in [0.5, 0.6) is 11.5 Å². The molecule has 0 bridgehead atoms. The van der Waals surface area contributed by atoms with E-state index in [2.05, 4.69) is 53.7 Å². The summed E-state index contributed by atoms with van der Waals surface area (Å²) in [6.45, 7) is 14.3. The zero-order chi connectivity index (χ0) is 18.4. The summed E-state index contributed by atoms with van der Waals surface area (Å²) in [7, 11) is 0.511. The minimum atomic E-state index is -1.58. The maximum absolute atomic E-state index is 5.93. The molecule has 0 aliphatic rings. The van der Waals surface area contributed by atoms with Crippen LogP contribution in [0.3, 0.4) is 0 Å². The Bertz CT molecular complexity index is 457. The molecule has 1 aromatic rings. The third-order valence-corrected chi connectivity index (χ3v) is 18.2. The van der Waals surface area contributed by atoms with Crippen molar-refractivity contribution in [2.45, 2.75) is 77.8 Å². The molecule has 0 atom stereocenters. The molecule has 138 valence electrons. The smallest absolute Gasteiger partial charge is 0.118 e. The van der Waals surface area contributed by atoms with E-state index in [0.29, 0.717) is 0 Å². The van der Waals surface area contributed by atoms with E-state index < -0.39 is 16.1 Å². The summed E-state index contributed by atoms with van der Waals surface area (Å²) in [5.74, 6) is 2.24. The Morgan fingerprint density at radius 1 is 0.583 bits per heavy atom. The van der Waals surface area contributed by atoms with Crippen molar-refractivity contribution >= 4 is 26.5 Å². The molecule has 0 radical (unpaired) electrons. The Hall–Kier alpha value is -0.746. The second-order valence-electron chi connectivity index (χ2n) is 6.90. The molecule has 0 unspecified atom stereocenters. The third-order valence-electron chi connectivity index (χ3n) is 6.69. The molecular weight excluding hydrogens is 328 g/mol. The fourth-order valence-corrected chi connectivity index (χ4v) is 14.0. The first kappa shape index (κ1) is 21.3. The summed E-state index contributed by atoms with van der Waals surface area (Å²) in [5.41, 5.74) is 0. The molecule has 0 heterocycles. The normalized spacial score (nSPS) is 12.3. The van der Waals surface area contributed by atoms with Gasteiger partial charge in [-0.05, 0) is 22.5 Å². The van der Waals surface area contributed by atoms with Gasteiger partial charge < -0.3 is 9.47 Å². The van der Waals surface area contributed by atoms with Crippen LogP contribution >= 0.6 is 0 Å². The van der Waals surface area contributed by atoms with Gasteiger partial charge >= 0.3 is 0 Å². The number of hydrogen-bond donors (Lipinski definition) is 0. The Morgan fingerprint density at radius 2 is 0.833 bits per heavy atom. The van der Waals surface area contributed by atoms with Gasteiger partial charge in [-0.15, -0.1) is 0 Å². The minimum Gasteiger partial charge on any atom is -0.497 e. The summed E-state index contributed by atoms with van der Waals surface area (Å²) < 4.78 is 11.9. The maximum Gasteiger partial charge on any atom is 0.118 e. The van der Waals surface area contributed by atoms with Crippen molar-refractivity contribution in [3.05, 3.63) is 12.1 Å². The Morgan fingerprint density at radius 3 is 1.00 bits per heavy atom. The Balaban J connectivity index is 3.97. The highest BCUT2D eigenvalue weighted by atomic mass is 28.3. The first-order valence-corrected chi connectivity index (χ1v) is 15.0. The quantitative estimate of drug-likeness (QED) is 0.534. The van der Waals surface area contributed by atoms with Crippen LogP contribution in [0.2, 0.25) is 36.3 Å². The third kappa shape index (κ3) is 3.45. The van der Waals surface area contributed by atoms with Crippen molar-refractivity contribution in [3.63, 3.8) is 0 Å². The van der Waals surface area contributed by atoms with Gasteiger partial charge in [0, 0.05) is 0 Å². The second-order valence-corrected chi connectivity index (χ2v) is 17.3. The largest absolute Gasteiger partial charge is 0.497 e. The molecule has 0 aliphatic heterocycles. The van der Waals surface area contributed by atoms with Gasteiger partial charge in [0.15, 0.2) is 0 Å². The first-order valence-electron chi connectivity index (χ1n) is 9.75. The van der Waals surface area contributed by atoms with Crippen LogP contribution in [-0.2, 0) is 0 Å². The van der Waals surface area contributed by atoms with Crippen LogP contribution in [-0.4, -0.2) is 30.4 Å². The zero-order valence-corrected chi connectivity index (χ0v) is 19.2. The van der Waals surface area contributed by atoms with E-state index >= 15 is 0 Å². The van der Waals surface area contributed by atoms with Crippen LogP contribution in [0.25, 0.3) is 0 Å². The molecule has 0 aromatic heterocycles. The van der Waals surface area contributed by atoms with Crippen molar-refractivity contribution in [3.8, 4) is 11.5 Å². The first-order chi connectivity index (χ1) is 11.5. The summed E-state index contributed by atoms with van der Waals surface area (Å²) >= 11 is 0. The Labute approximate surface area is 152 Å². The van der Waals surface area contributed by atoms with E-state index in [-0.39, 0.29) is 0 Å². The summed E-state index contributed by atoms with van der Waals surface area (Å²) in [4.78, 5) is 0. The second kappa shape index (κ2) is 9.09. The van der Waals surface area contributed by atoms with Crippen LogP contribution in [0.1, 0.15) is 41.5 Å². The fraction of sp³-hybridized carbons (Fsp3) is 0.700. The molecule has 2 nitrogen and oxygen atoms in total. The number of hydrogen-bond acceptors (Lipinski definition) is 2. The monoisotopic (exact) mass is 366 g/mol. The van der Waals surface area contributed by atoms with E-state index in [4.69, 9.17) is 9.47 Å². The Kier molecular flexibility index (Phi) is 8.07. The fourth-order valence-electron chi connectivity index (χ4n) is 4.52. The average Bonchev–Trinajstić information content (AvgIpc) is 2.65. The zero-order valence-electron chi connectivity index (χ0n) is 17.2. The van der Waals surface area contributed by atoms with E-state index in [1.165, 1.54) is 36.3 Å². The minimum absolute atomic E-state index is 1.12. The van der Waals surface area contributed by atoms with Crippen LogP contribution < -0.4 is 19.8 Å². The highest BCUT2D eigenvalue weighted by Gasteiger charge is 2.42. The van der Waals surface area contributed by atoms with Gasteiger partial charge in [0.25, 0.3) is 0 Å². The molecule has 1 aromatic carbocycles. The highest BCUT2D eigenvalue weighted by molar-refractivity contribution is 7.02. The van der Waals surface area contributed by atoms with Crippen molar-refractivity contribution < 1.29 is 9.47 Å². The molecule has 0 amide bonds. The molecule has 0 aliphatic carbocycles. The summed E-state index contributed by atoms with van der Waals surface area (Å²) in [5, 5.41) is 3.18. The van der Waals surface area contributed by atoms with Crippen molar-refractivity contribution in [2.75, 3.05) is 14.2 Å². The lowest BCUT2D eigenvalue weighted by atomic mass is 10.3. The van der Waals surface area contributed by atoms with Gasteiger partial charge in [-0.25, -0.2) is 0 Å². The molecule has 0 N–H and O–H groups in total. The lowest BCUT2D eigenvalue weighted by molar-refractivity contribution is 0.408. The average molecular weight is 367 g/mol. The molecule has 0 saturated carbocycles. The van der Waals surface area contributed by atoms with Crippen molar-refractivity contribution in [1.29, 1.82) is 0 Å². The standard InChI is InChI=1S/C20H38O2Si2/c1-9-23(10-2,11-3)19-17(21-7)15-16-18(22-8)20(19)24(12-4,13-5)14-6/h15-16H,9-14H2,1-8H3. The number of methoxy groups -OCH3 is 2. The maximum atomic E-state index is 5.93. The molecule has 0 fully saturated rings. The molecule has 24 heavy (non-hydrogen) atoms. The van der Waals surface area contributed by atoms with Crippen LogP contribution in [0.15, 0.2) is 12.1 Å². The van der Waals surface area contributed by atoms with Crippen LogP contribution in [0.4, 0.5) is 0 Å². The molecule has 0 spiro atoms. The van der Waals surface area contributed by atoms with Gasteiger partial charge in [-0.2, -0.15) is 0 Å². The van der Waals surface area contributed by atoms with Gasteiger partial charge in [0.2, 0.25) is 0 Å². The van der Waals surface area contributed by atoms with Gasteiger partial charge in [-0.3, -0.25) is 0 Å². The molecule has 4 heteroatoms. The summed E-state index contributed by atoms with van der Waals surface area (Å²) in [6.07, 6.45) is 0. The number of ether oxygens (including phenoxy) is 2. The lowest BCUT2D eigenvalue weighted by Gasteiger charge is -2.39. The predicted octanol–water partition coefficient (Wildman–Crippen LogP) is 5.13. The van der Waals surface area contributed by atoms with Crippen molar-refractivity contribution in [1.82, 2.24) is 0 Å². The topological polar surface area (TPSA) is 18.5 Å². The van der Waals surface area contributed by atoms with E-state index in [1.54, 1.807) is 10.4 Å². The molecule has 1 rings (SSSR count). The molecular formula is C20H38O2Si2. The van der Waals surface area contributed by atoms with Crippen LogP contribution in [0, 0.1) is 0 Å². The number of benzene rings is 1. The number of rotatable bonds is 10. The van der Waals surface area contributed by atoms with E-state index in [1.807, 2.05) is 14.2 Å². The van der Waals surface area contributed by atoms with E-state index in [0.717, 1.165) is 11.5 Å². The SMILES string of the molecule is CC[Si](CC)(CC)c1c(OC)ccc(OC)c1[Si](CC)(CC)CC. The van der Waals surface area contributed by atoms with Gasteiger partial charge in [0.1, 0.15) is 11.5 Å². The highest BCUT2D eigenvalue weighted by Crippen LogP contribution is 2.31. The van der Waals surface area contributed by atoms with Gasteiger partial charge in [-0.1, -0.05) is 77.8 Å². The predicted molar refractivity (Wildman–Crippen MR) is 113 cm³/mol. The summed E-state index contributed by atoms with van der Waals surface area (Å²) in [6, 6.07) is 12.0. The van der Waals surface area contributed by atoms with Gasteiger partial charge in [0.05, 0.1) is 30.4 Å².